The van der Waals surface area contributed by atoms with E-state index in [2.05, 4.69) is 15.5 Å². The van der Waals surface area contributed by atoms with E-state index in [0.29, 0.717) is 11.7 Å². The third kappa shape index (κ3) is 1.97. The van der Waals surface area contributed by atoms with Crippen LogP contribution in [0.25, 0.3) is 0 Å². The number of fused-ring (bicyclic) bond motifs is 1. The molecule has 1 atom stereocenters. The maximum atomic E-state index is 5.32. The minimum absolute atomic E-state index is 0.0634. The first-order chi connectivity index (χ1) is 8.72. The Morgan fingerprint density at radius 2 is 2.11 bits per heavy atom. The molecular formula is C12H13N3O3. The van der Waals surface area contributed by atoms with Crippen molar-refractivity contribution < 1.29 is 14.0 Å². The van der Waals surface area contributed by atoms with Crippen molar-refractivity contribution in [2.24, 2.45) is 0 Å². The summed E-state index contributed by atoms with van der Waals surface area (Å²) >= 11 is 0. The van der Waals surface area contributed by atoms with Gasteiger partial charge in [0.05, 0.1) is 0 Å². The Hall–Kier alpha value is -2.24. The van der Waals surface area contributed by atoms with Gasteiger partial charge in [0.25, 0.3) is 0 Å². The Morgan fingerprint density at radius 1 is 1.28 bits per heavy atom. The molecule has 1 unspecified atom stereocenters. The standard InChI is InChI=1S/C12H13N3O3/c1-7(12-14-8(2)15-18-12)13-9-3-4-10-11(5-9)17-6-16-10/h3-5,7,13H,6H2,1-2H3. The SMILES string of the molecule is Cc1noc(C(C)Nc2ccc3c(c2)OCO3)n1. The summed E-state index contributed by atoms with van der Waals surface area (Å²) in [5.41, 5.74) is 0.919. The lowest BCUT2D eigenvalue weighted by atomic mass is 10.2. The molecule has 6 heteroatoms. The number of rotatable bonds is 3. The van der Waals surface area contributed by atoms with Crippen LogP contribution in [0.15, 0.2) is 22.7 Å². The summed E-state index contributed by atoms with van der Waals surface area (Å²) in [6.07, 6.45) is 0. The third-order valence-electron chi connectivity index (χ3n) is 2.67. The summed E-state index contributed by atoms with van der Waals surface area (Å²) in [4.78, 5) is 4.18. The fourth-order valence-corrected chi connectivity index (χ4v) is 1.79. The molecule has 3 rings (SSSR count). The summed E-state index contributed by atoms with van der Waals surface area (Å²) in [5, 5.41) is 7.04. The number of hydrogen-bond acceptors (Lipinski definition) is 6. The van der Waals surface area contributed by atoms with Crippen molar-refractivity contribution in [3.63, 3.8) is 0 Å². The summed E-state index contributed by atoms with van der Waals surface area (Å²) in [6.45, 7) is 4.02. The molecule has 2 aromatic rings. The zero-order chi connectivity index (χ0) is 12.5. The van der Waals surface area contributed by atoms with Crippen molar-refractivity contribution in [3.05, 3.63) is 29.9 Å². The smallest absolute Gasteiger partial charge is 0.248 e. The first-order valence-corrected chi connectivity index (χ1v) is 5.69. The first-order valence-electron chi connectivity index (χ1n) is 5.69. The molecule has 6 nitrogen and oxygen atoms in total. The average Bonchev–Trinajstić information content (AvgIpc) is 2.96. The monoisotopic (exact) mass is 247 g/mol. The average molecular weight is 247 g/mol. The topological polar surface area (TPSA) is 69.4 Å². The molecule has 1 N–H and O–H groups in total. The van der Waals surface area contributed by atoms with Gasteiger partial charge in [-0.3, -0.25) is 0 Å². The highest BCUT2D eigenvalue weighted by atomic mass is 16.7. The Bertz CT molecular complexity index is 567. The molecule has 0 spiro atoms. The highest BCUT2D eigenvalue weighted by Gasteiger charge is 2.16. The van der Waals surface area contributed by atoms with Gasteiger partial charge in [-0.15, -0.1) is 0 Å². The van der Waals surface area contributed by atoms with Crippen LogP contribution < -0.4 is 14.8 Å². The Labute approximate surface area is 104 Å². The van der Waals surface area contributed by atoms with Crippen LogP contribution >= 0.6 is 0 Å². The lowest BCUT2D eigenvalue weighted by Crippen LogP contribution is -2.06. The number of benzene rings is 1. The van der Waals surface area contributed by atoms with Gasteiger partial charge >= 0.3 is 0 Å². The molecule has 1 aromatic carbocycles. The largest absolute Gasteiger partial charge is 0.454 e. The molecule has 1 aromatic heterocycles. The van der Waals surface area contributed by atoms with E-state index in [1.54, 1.807) is 6.92 Å². The second kappa shape index (κ2) is 4.21. The zero-order valence-corrected chi connectivity index (χ0v) is 10.1. The molecule has 2 heterocycles. The molecule has 0 fully saturated rings. The molecule has 0 saturated heterocycles. The van der Waals surface area contributed by atoms with Crippen LogP contribution in [0.3, 0.4) is 0 Å². The quantitative estimate of drug-likeness (QED) is 0.897. The van der Waals surface area contributed by atoms with Crippen molar-refractivity contribution >= 4 is 5.69 Å². The Kier molecular flexibility index (Phi) is 2.55. The van der Waals surface area contributed by atoms with Crippen LogP contribution in [0.5, 0.6) is 11.5 Å². The number of nitrogens with one attached hydrogen (secondary N) is 1. The van der Waals surface area contributed by atoms with Crippen LogP contribution in [0.2, 0.25) is 0 Å². The van der Waals surface area contributed by atoms with E-state index in [9.17, 15) is 0 Å². The van der Waals surface area contributed by atoms with E-state index in [1.165, 1.54) is 0 Å². The van der Waals surface area contributed by atoms with Gasteiger partial charge in [-0.05, 0) is 26.0 Å². The van der Waals surface area contributed by atoms with Crippen molar-refractivity contribution in [3.8, 4) is 11.5 Å². The first kappa shape index (κ1) is 10.9. The molecular weight excluding hydrogens is 234 g/mol. The van der Waals surface area contributed by atoms with Crippen LogP contribution in [0.4, 0.5) is 5.69 Å². The van der Waals surface area contributed by atoms with E-state index in [1.807, 2.05) is 25.1 Å². The maximum absolute atomic E-state index is 5.32. The van der Waals surface area contributed by atoms with Gasteiger partial charge in [0, 0.05) is 11.8 Å². The third-order valence-corrected chi connectivity index (χ3v) is 2.67. The highest BCUT2D eigenvalue weighted by molar-refractivity contribution is 5.56. The van der Waals surface area contributed by atoms with E-state index < -0.39 is 0 Å². The number of hydrogen-bond donors (Lipinski definition) is 1. The minimum Gasteiger partial charge on any atom is -0.454 e. The molecule has 0 radical (unpaired) electrons. The van der Waals surface area contributed by atoms with E-state index in [4.69, 9.17) is 14.0 Å². The van der Waals surface area contributed by atoms with Gasteiger partial charge in [-0.25, -0.2) is 0 Å². The summed E-state index contributed by atoms with van der Waals surface area (Å²) in [6, 6.07) is 5.62. The van der Waals surface area contributed by atoms with Crippen LogP contribution in [-0.4, -0.2) is 16.9 Å². The molecule has 1 aliphatic heterocycles. The van der Waals surface area contributed by atoms with Crippen LogP contribution in [0, 0.1) is 6.92 Å². The predicted octanol–water partition coefficient (Wildman–Crippen LogP) is 2.28. The maximum Gasteiger partial charge on any atom is 0.248 e. The van der Waals surface area contributed by atoms with Gasteiger partial charge in [0.15, 0.2) is 17.3 Å². The van der Waals surface area contributed by atoms with Crippen LogP contribution in [0.1, 0.15) is 24.7 Å². The van der Waals surface area contributed by atoms with Crippen molar-refractivity contribution in [2.75, 3.05) is 12.1 Å². The second-order valence-corrected chi connectivity index (χ2v) is 4.11. The van der Waals surface area contributed by atoms with Crippen molar-refractivity contribution in [1.29, 1.82) is 0 Å². The highest BCUT2D eigenvalue weighted by Crippen LogP contribution is 2.35. The van der Waals surface area contributed by atoms with Crippen LogP contribution in [-0.2, 0) is 0 Å². The molecule has 0 saturated carbocycles. The van der Waals surface area contributed by atoms with Gasteiger partial charge in [-0.1, -0.05) is 5.16 Å². The molecule has 1 aliphatic rings. The number of ether oxygens (including phenoxy) is 2. The van der Waals surface area contributed by atoms with E-state index >= 15 is 0 Å². The van der Waals surface area contributed by atoms with Gasteiger partial charge in [0.1, 0.15) is 6.04 Å². The van der Waals surface area contributed by atoms with E-state index in [-0.39, 0.29) is 12.8 Å². The lowest BCUT2D eigenvalue weighted by Gasteiger charge is -2.11. The van der Waals surface area contributed by atoms with Crippen molar-refractivity contribution in [2.45, 2.75) is 19.9 Å². The van der Waals surface area contributed by atoms with Gasteiger partial charge in [-0.2, -0.15) is 4.98 Å². The molecule has 94 valence electrons. The fourth-order valence-electron chi connectivity index (χ4n) is 1.79. The second-order valence-electron chi connectivity index (χ2n) is 4.11. The number of anilines is 1. The molecule has 0 amide bonds. The number of aryl methyl sites for hydroxylation is 1. The van der Waals surface area contributed by atoms with Gasteiger partial charge in [0.2, 0.25) is 12.7 Å². The Morgan fingerprint density at radius 3 is 2.89 bits per heavy atom. The fraction of sp³-hybridized carbons (Fsp3) is 0.333. The number of nitrogens with zero attached hydrogens (tertiary/aromatic N) is 2. The molecule has 18 heavy (non-hydrogen) atoms. The molecule has 0 aliphatic carbocycles. The minimum atomic E-state index is -0.0634. The zero-order valence-electron chi connectivity index (χ0n) is 10.1. The number of aromatic nitrogens is 2. The summed E-state index contributed by atoms with van der Waals surface area (Å²) in [5.74, 6) is 2.70. The van der Waals surface area contributed by atoms with Gasteiger partial charge < -0.3 is 19.3 Å². The van der Waals surface area contributed by atoms with E-state index in [0.717, 1.165) is 17.2 Å². The molecule has 0 bridgehead atoms. The summed E-state index contributed by atoms with van der Waals surface area (Å²) in [7, 11) is 0. The predicted molar refractivity (Wildman–Crippen MR) is 63.6 cm³/mol. The lowest BCUT2D eigenvalue weighted by molar-refractivity contribution is 0.174. The normalized spacial score (nSPS) is 14.6. The van der Waals surface area contributed by atoms with Crippen molar-refractivity contribution in [1.82, 2.24) is 10.1 Å². The summed E-state index contributed by atoms with van der Waals surface area (Å²) < 4.78 is 15.7. The Balaban J connectivity index is 1.76.